The second kappa shape index (κ2) is 6.27. The van der Waals surface area contributed by atoms with Crippen molar-refractivity contribution in [3.63, 3.8) is 0 Å². The number of likely N-dealkylation sites (N-methyl/N-ethyl adjacent to an activating group) is 1. The van der Waals surface area contributed by atoms with Gasteiger partial charge in [-0.3, -0.25) is 4.90 Å². The molecule has 1 aromatic carbocycles. The molecule has 6 nitrogen and oxygen atoms in total. The SMILES string of the molecule is CN1CCNCC1c1noc(-c2cc3c(F)cccc3[nH]2)n1.Cl. The summed E-state index contributed by atoms with van der Waals surface area (Å²) in [5.41, 5.74) is 1.34. The second-order valence-electron chi connectivity index (χ2n) is 5.54. The van der Waals surface area contributed by atoms with Crippen LogP contribution in [0, 0.1) is 5.82 Å². The zero-order chi connectivity index (χ0) is 15.1. The number of nitrogens with zero attached hydrogens (tertiary/aromatic N) is 3. The molecule has 0 aliphatic carbocycles. The lowest BCUT2D eigenvalue weighted by Crippen LogP contribution is -2.44. The van der Waals surface area contributed by atoms with Gasteiger partial charge in [-0.25, -0.2) is 4.39 Å². The number of H-pyrrole nitrogens is 1. The van der Waals surface area contributed by atoms with Gasteiger partial charge in [-0.1, -0.05) is 11.2 Å². The van der Waals surface area contributed by atoms with Crippen LogP contribution in [0.25, 0.3) is 22.5 Å². The van der Waals surface area contributed by atoms with Crippen molar-refractivity contribution in [3.8, 4) is 11.6 Å². The van der Waals surface area contributed by atoms with E-state index in [0.29, 0.717) is 28.3 Å². The van der Waals surface area contributed by atoms with E-state index < -0.39 is 0 Å². The van der Waals surface area contributed by atoms with Crippen LogP contribution in [-0.4, -0.2) is 46.7 Å². The number of aromatic amines is 1. The standard InChI is InChI=1S/C15H16FN5O.ClH/c1-21-6-5-17-8-13(21)14-19-15(22-20-14)12-7-9-10(16)3-2-4-11(9)18-12;/h2-4,7,13,17-18H,5-6,8H2,1H3;1H. The van der Waals surface area contributed by atoms with Crippen LogP contribution in [0.15, 0.2) is 28.8 Å². The molecule has 8 heteroatoms. The molecule has 2 N–H and O–H groups in total. The molecule has 3 heterocycles. The van der Waals surface area contributed by atoms with Crippen LogP contribution in [0.4, 0.5) is 4.39 Å². The van der Waals surface area contributed by atoms with Gasteiger partial charge in [0.2, 0.25) is 0 Å². The predicted octanol–water partition coefficient (Wildman–Crippen LogP) is 2.35. The van der Waals surface area contributed by atoms with Crippen molar-refractivity contribution in [2.75, 3.05) is 26.7 Å². The van der Waals surface area contributed by atoms with E-state index in [0.717, 1.165) is 19.6 Å². The highest BCUT2D eigenvalue weighted by molar-refractivity contribution is 5.85. The molecule has 1 atom stereocenters. The Bertz CT molecular complexity index is 817. The van der Waals surface area contributed by atoms with Gasteiger partial charge in [-0.15, -0.1) is 12.4 Å². The Morgan fingerprint density at radius 1 is 1.39 bits per heavy atom. The van der Waals surface area contributed by atoms with Crippen LogP contribution in [-0.2, 0) is 0 Å². The summed E-state index contributed by atoms with van der Waals surface area (Å²) in [6.45, 7) is 2.68. The molecule has 0 radical (unpaired) electrons. The molecule has 0 spiro atoms. The zero-order valence-electron chi connectivity index (χ0n) is 12.5. The monoisotopic (exact) mass is 337 g/mol. The highest BCUT2D eigenvalue weighted by Gasteiger charge is 2.25. The fourth-order valence-corrected chi connectivity index (χ4v) is 2.81. The maximum Gasteiger partial charge on any atom is 0.274 e. The number of aromatic nitrogens is 3. The number of halogens is 2. The third-order valence-electron chi connectivity index (χ3n) is 4.09. The third kappa shape index (κ3) is 2.83. The summed E-state index contributed by atoms with van der Waals surface area (Å²) in [6, 6.07) is 6.71. The van der Waals surface area contributed by atoms with E-state index in [1.54, 1.807) is 12.1 Å². The lowest BCUT2D eigenvalue weighted by atomic mass is 10.2. The third-order valence-corrected chi connectivity index (χ3v) is 4.09. The van der Waals surface area contributed by atoms with Gasteiger partial charge in [0.15, 0.2) is 5.82 Å². The maximum absolute atomic E-state index is 13.8. The molecule has 0 amide bonds. The Labute approximate surface area is 138 Å². The molecule has 122 valence electrons. The summed E-state index contributed by atoms with van der Waals surface area (Å²) in [6.07, 6.45) is 0. The van der Waals surface area contributed by atoms with Crippen molar-refractivity contribution >= 4 is 23.3 Å². The summed E-state index contributed by atoms with van der Waals surface area (Å²) >= 11 is 0. The summed E-state index contributed by atoms with van der Waals surface area (Å²) < 4.78 is 19.1. The molecule has 0 bridgehead atoms. The topological polar surface area (TPSA) is 70.0 Å². The van der Waals surface area contributed by atoms with E-state index in [2.05, 4.69) is 25.3 Å². The van der Waals surface area contributed by atoms with Gasteiger partial charge in [0.1, 0.15) is 11.5 Å². The minimum Gasteiger partial charge on any atom is -0.350 e. The Kier molecular flexibility index (Phi) is 4.34. The summed E-state index contributed by atoms with van der Waals surface area (Å²) in [5, 5.41) is 7.92. The van der Waals surface area contributed by atoms with Gasteiger partial charge in [0.25, 0.3) is 5.89 Å². The molecule has 23 heavy (non-hydrogen) atoms. The van der Waals surface area contributed by atoms with Crippen LogP contribution in [0.2, 0.25) is 0 Å². The summed E-state index contributed by atoms with van der Waals surface area (Å²) in [7, 11) is 2.04. The van der Waals surface area contributed by atoms with Gasteiger partial charge >= 0.3 is 0 Å². The van der Waals surface area contributed by atoms with E-state index in [1.165, 1.54) is 6.07 Å². The largest absolute Gasteiger partial charge is 0.350 e. The van der Waals surface area contributed by atoms with Gasteiger partial charge in [0.05, 0.1) is 6.04 Å². The van der Waals surface area contributed by atoms with Crippen LogP contribution < -0.4 is 5.32 Å². The molecule has 1 aliphatic rings. The predicted molar refractivity (Wildman–Crippen MR) is 87.0 cm³/mol. The molecule has 0 saturated carbocycles. The molecule has 1 fully saturated rings. The first-order valence-electron chi connectivity index (χ1n) is 7.24. The highest BCUT2D eigenvalue weighted by Crippen LogP contribution is 2.26. The Balaban J connectivity index is 0.00000156. The van der Waals surface area contributed by atoms with Crippen molar-refractivity contribution in [2.24, 2.45) is 0 Å². The average molecular weight is 338 g/mol. The van der Waals surface area contributed by atoms with Gasteiger partial charge in [-0.2, -0.15) is 4.98 Å². The van der Waals surface area contributed by atoms with Crippen LogP contribution in [0.5, 0.6) is 0 Å². The second-order valence-corrected chi connectivity index (χ2v) is 5.54. The molecule has 1 unspecified atom stereocenters. The number of hydrogen-bond acceptors (Lipinski definition) is 5. The minimum atomic E-state index is -0.268. The highest BCUT2D eigenvalue weighted by atomic mass is 35.5. The number of benzene rings is 1. The molecular weight excluding hydrogens is 321 g/mol. The van der Waals surface area contributed by atoms with Gasteiger partial charge in [0, 0.05) is 30.5 Å². The Morgan fingerprint density at radius 2 is 2.26 bits per heavy atom. The lowest BCUT2D eigenvalue weighted by molar-refractivity contribution is 0.190. The lowest BCUT2D eigenvalue weighted by Gasteiger charge is -2.30. The number of fused-ring (bicyclic) bond motifs is 1. The van der Waals surface area contributed by atoms with Crippen LogP contribution in [0.1, 0.15) is 11.9 Å². The van der Waals surface area contributed by atoms with E-state index >= 15 is 0 Å². The quantitative estimate of drug-likeness (QED) is 0.751. The molecular formula is C15H17ClFN5O. The van der Waals surface area contributed by atoms with E-state index in [9.17, 15) is 4.39 Å². The van der Waals surface area contributed by atoms with Crippen molar-refractivity contribution in [3.05, 3.63) is 35.9 Å². The Morgan fingerprint density at radius 3 is 3.04 bits per heavy atom. The van der Waals surface area contributed by atoms with Crippen molar-refractivity contribution in [1.82, 2.24) is 25.3 Å². The first kappa shape index (κ1) is 15.9. The average Bonchev–Trinajstić information content (AvgIpc) is 3.14. The smallest absolute Gasteiger partial charge is 0.274 e. The minimum absolute atomic E-state index is 0. The van der Waals surface area contributed by atoms with E-state index in [-0.39, 0.29) is 24.3 Å². The fourth-order valence-electron chi connectivity index (χ4n) is 2.81. The van der Waals surface area contributed by atoms with Crippen LogP contribution >= 0.6 is 12.4 Å². The zero-order valence-corrected chi connectivity index (χ0v) is 13.4. The first-order chi connectivity index (χ1) is 10.7. The molecule has 4 rings (SSSR count). The van der Waals surface area contributed by atoms with Crippen molar-refractivity contribution < 1.29 is 8.91 Å². The molecule has 2 aromatic heterocycles. The normalized spacial score (nSPS) is 19.0. The first-order valence-corrected chi connectivity index (χ1v) is 7.24. The van der Waals surface area contributed by atoms with Crippen molar-refractivity contribution in [1.29, 1.82) is 0 Å². The van der Waals surface area contributed by atoms with Gasteiger partial charge in [-0.05, 0) is 25.2 Å². The number of nitrogens with one attached hydrogen (secondary N) is 2. The maximum atomic E-state index is 13.8. The van der Waals surface area contributed by atoms with E-state index in [4.69, 9.17) is 4.52 Å². The fraction of sp³-hybridized carbons (Fsp3) is 0.333. The molecule has 1 aliphatic heterocycles. The molecule has 3 aromatic rings. The number of rotatable bonds is 2. The summed E-state index contributed by atoms with van der Waals surface area (Å²) in [4.78, 5) is 9.77. The number of piperazine rings is 1. The Hall–Kier alpha value is -1.96. The summed E-state index contributed by atoms with van der Waals surface area (Å²) in [5.74, 6) is 0.754. The van der Waals surface area contributed by atoms with Crippen LogP contribution in [0.3, 0.4) is 0 Å². The van der Waals surface area contributed by atoms with Crippen molar-refractivity contribution in [2.45, 2.75) is 6.04 Å². The number of hydrogen-bond donors (Lipinski definition) is 2. The van der Waals surface area contributed by atoms with E-state index in [1.807, 2.05) is 13.1 Å². The molecule has 1 saturated heterocycles. The van der Waals surface area contributed by atoms with Gasteiger partial charge < -0.3 is 14.8 Å².